The average Bonchev–Trinajstić information content (AvgIpc) is 2.66. The standard InChI is InChI=1S/C21H26N2O3/c1-5-23(4)17-9-6-15(7-10-17)20(24)22-21(2,3)16-8-11-18-19(14-16)26-13-12-25-18/h6-11,14H,5,12-13H2,1-4H3,(H,22,24). The normalized spacial score (nSPS) is 13.2. The van der Waals surface area contributed by atoms with Crippen molar-refractivity contribution in [2.24, 2.45) is 0 Å². The fourth-order valence-electron chi connectivity index (χ4n) is 2.91. The highest BCUT2D eigenvalue weighted by Gasteiger charge is 2.25. The van der Waals surface area contributed by atoms with E-state index in [0.29, 0.717) is 18.8 Å². The number of anilines is 1. The van der Waals surface area contributed by atoms with Gasteiger partial charge in [0.2, 0.25) is 0 Å². The van der Waals surface area contributed by atoms with Crippen molar-refractivity contribution in [2.45, 2.75) is 26.3 Å². The van der Waals surface area contributed by atoms with Crippen molar-refractivity contribution >= 4 is 11.6 Å². The molecule has 1 aliphatic heterocycles. The maximum atomic E-state index is 12.7. The molecule has 1 N–H and O–H groups in total. The van der Waals surface area contributed by atoms with Crippen molar-refractivity contribution in [2.75, 3.05) is 31.7 Å². The Morgan fingerprint density at radius 2 is 1.73 bits per heavy atom. The lowest BCUT2D eigenvalue weighted by Crippen LogP contribution is -2.41. The zero-order valence-corrected chi connectivity index (χ0v) is 15.8. The summed E-state index contributed by atoms with van der Waals surface area (Å²) in [6.45, 7) is 8.09. The van der Waals surface area contributed by atoms with Crippen LogP contribution in [0.4, 0.5) is 5.69 Å². The maximum Gasteiger partial charge on any atom is 0.251 e. The second kappa shape index (κ2) is 7.28. The zero-order valence-electron chi connectivity index (χ0n) is 15.8. The van der Waals surface area contributed by atoms with Crippen LogP contribution < -0.4 is 19.7 Å². The van der Waals surface area contributed by atoms with Crippen LogP contribution in [0.1, 0.15) is 36.7 Å². The number of fused-ring (bicyclic) bond motifs is 1. The summed E-state index contributed by atoms with van der Waals surface area (Å²) in [6, 6.07) is 13.5. The van der Waals surface area contributed by atoms with E-state index in [2.05, 4.69) is 17.1 Å². The van der Waals surface area contributed by atoms with Gasteiger partial charge in [-0.15, -0.1) is 0 Å². The van der Waals surface area contributed by atoms with Crippen molar-refractivity contribution in [1.29, 1.82) is 0 Å². The summed E-state index contributed by atoms with van der Waals surface area (Å²) in [5, 5.41) is 3.11. The Morgan fingerprint density at radius 3 is 2.38 bits per heavy atom. The minimum Gasteiger partial charge on any atom is -0.486 e. The minimum absolute atomic E-state index is 0.101. The molecule has 0 unspecified atom stereocenters. The molecular weight excluding hydrogens is 328 g/mol. The first-order chi connectivity index (χ1) is 12.4. The summed E-state index contributed by atoms with van der Waals surface area (Å²) in [5.41, 5.74) is 2.17. The van der Waals surface area contributed by atoms with E-state index in [0.717, 1.165) is 29.3 Å². The number of amides is 1. The SMILES string of the molecule is CCN(C)c1ccc(C(=O)NC(C)(C)c2ccc3c(c2)OCCO3)cc1. The molecule has 0 saturated carbocycles. The molecule has 2 aromatic rings. The van der Waals surface area contributed by atoms with Gasteiger partial charge in [-0.2, -0.15) is 0 Å². The number of rotatable bonds is 5. The first kappa shape index (κ1) is 18.1. The number of carbonyl (C=O) groups is 1. The third-order valence-electron chi connectivity index (χ3n) is 4.73. The van der Waals surface area contributed by atoms with E-state index in [4.69, 9.17) is 9.47 Å². The number of ether oxygens (including phenoxy) is 2. The number of benzene rings is 2. The van der Waals surface area contributed by atoms with E-state index in [1.54, 1.807) is 0 Å². The van der Waals surface area contributed by atoms with Gasteiger partial charge in [0.1, 0.15) is 13.2 Å². The van der Waals surface area contributed by atoms with E-state index < -0.39 is 5.54 Å². The molecule has 0 saturated heterocycles. The number of nitrogens with one attached hydrogen (secondary N) is 1. The predicted molar refractivity (Wildman–Crippen MR) is 103 cm³/mol. The van der Waals surface area contributed by atoms with Crippen molar-refractivity contribution in [3.8, 4) is 11.5 Å². The van der Waals surface area contributed by atoms with E-state index >= 15 is 0 Å². The molecule has 0 aromatic heterocycles. The lowest BCUT2D eigenvalue weighted by atomic mass is 9.93. The molecule has 0 fully saturated rings. The highest BCUT2D eigenvalue weighted by atomic mass is 16.6. The Kier molecular flexibility index (Phi) is 5.07. The van der Waals surface area contributed by atoms with Gasteiger partial charge < -0.3 is 19.7 Å². The summed E-state index contributed by atoms with van der Waals surface area (Å²) in [7, 11) is 2.03. The molecule has 0 atom stereocenters. The minimum atomic E-state index is -0.536. The van der Waals surface area contributed by atoms with Crippen molar-refractivity contribution in [1.82, 2.24) is 5.32 Å². The molecule has 1 amide bonds. The molecule has 2 aromatic carbocycles. The molecular formula is C21H26N2O3. The number of carbonyl (C=O) groups excluding carboxylic acids is 1. The van der Waals surface area contributed by atoms with Crippen molar-refractivity contribution in [3.05, 3.63) is 53.6 Å². The van der Waals surface area contributed by atoms with Gasteiger partial charge in [-0.05, 0) is 62.7 Å². The number of nitrogens with zero attached hydrogens (tertiary/aromatic N) is 1. The van der Waals surface area contributed by atoms with Gasteiger partial charge in [0.15, 0.2) is 11.5 Å². The van der Waals surface area contributed by atoms with Gasteiger partial charge >= 0.3 is 0 Å². The molecule has 138 valence electrons. The van der Waals surface area contributed by atoms with Crippen molar-refractivity contribution in [3.63, 3.8) is 0 Å². The Hall–Kier alpha value is -2.69. The largest absolute Gasteiger partial charge is 0.486 e. The Labute approximate surface area is 154 Å². The number of hydrogen-bond donors (Lipinski definition) is 1. The molecule has 5 heteroatoms. The molecule has 0 aliphatic carbocycles. The molecule has 1 heterocycles. The van der Waals surface area contributed by atoms with Crippen LogP contribution in [0.2, 0.25) is 0 Å². The second-order valence-corrected chi connectivity index (χ2v) is 7.00. The zero-order chi connectivity index (χ0) is 18.7. The third-order valence-corrected chi connectivity index (χ3v) is 4.73. The molecule has 0 bridgehead atoms. The predicted octanol–water partition coefficient (Wildman–Crippen LogP) is 3.58. The average molecular weight is 354 g/mol. The summed E-state index contributed by atoms with van der Waals surface area (Å²) in [5.74, 6) is 1.37. The van der Waals surface area contributed by atoms with Gasteiger partial charge in [-0.3, -0.25) is 4.79 Å². The van der Waals surface area contributed by atoms with E-state index in [1.165, 1.54) is 0 Å². The topological polar surface area (TPSA) is 50.8 Å². The highest BCUT2D eigenvalue weighted by Crippen LogP contribution is 2.34. The van der Waals surface area contributed by atoms with Gasteiger partial charge in [-0.1, -0.05) is 6.07 Å². The fourth-order valence-corrected chi connectivity index (χ4v) is 2.91. The van der Waals surface area contributed by atoms with E-state index in [9.17, 15) is 4.79 Å². The summed E-state index contributed by atoms with van der Waals surface area (Å²) in [6.07, 6.45) is 0. The van der Waals surface area contributed by atoms with Crippen LogP contribution in [-0.2, 0) is 5.54 Å². The number of hydrogen-bond acceptors (Lipinski definition) is 4. The molecule has 26 heavy (non-hydrogen) atoms. The molecule has 5 nitrogen and oxygen atoms in total. The Balaban J connectivity index is 1.75. The molecule has 0 radical (unpaired) electrons. The summed E-state index contributed by atoms with van der Waals surface area (Å²) < 4.78 is 11.2. The van der Waals surface area contributed by atoms with Crippen LogP contribution in [-0.4, -0.2) is 32.7 Å². The van der Waals surface area contributed by atoms with Gasteiger partial charge in [0, 0.05) is 24.8 Å². The molecule has 3 rings (SSSR count). The first-order valence-electron chi connectivity index (χ1n) is 8.94. The van der Waals surface area contributed by atoms with Crippen LogP contribution in [0.15, 0.2) is 42.5 Å². The van der Waals surface area contributed by atoms with Gasteiger partial charge in [0.05, 0.1) is 5.54 Å². The van der Waals surface area contributed by atoms with Gasteiger partial charge in [0.25, 0.3) is 5.91 Å². The molecule has 0 spiro atoms. The van der Waals surface area contributed by atoms with Crippen LogP contribution in [0, 0.1) is 0 Å². The Morgan fingerprint density at radius 1 is 1.08 bits per heavy atom. The summed E-state index contributed by atoms with van der Waals surface area (Å²) in [4.78, 5) is 14.8. The monoisotopic (exact) mass is 354 g/mol. The first-order valence-corrected chi connectivity index (χ1v) is 8.94. The van der Waals surface area contributed by atoms with Crippen LogP contribution in [0.5, 0.6) is 11.5 Å². The maximum absolute atomic E-state index is 12.7. The van der Waals surface area contributed by atoms with E-state index in [1.807, 2.05) is 63.4 Å². The fraction of sp³-hybridized carbons (Fsp3) is 0.381. The quantitative estimate of drug-likeness (QED) is 0.892. The van der Waals surface area contributed by atoms with Crippen LogP contribution in [0.25, 0.3) is 0 Å². The molecule has 1 aliphatic rings. The smallest absolute Gasteiger partial charge is 0.251 e. The van der Waals surface area contributed by atoms with Crippen molar-refractivity contribution < 1.29 is 14.3 Å². The van der Waals surface area contributed by atoms with Crippen LogP contribution in [0.3, 0.4) is 0 Å². The lowest BCUT2D eigenvalue weighted by Gasteiger charge is -2.29. The lowest BCUT2D eigenvalue weighted by molar-refractivity contribution is 0.0911. The third kappa shape index (κ3) is 3.77. The second-order valence-electron chi connectivity index (χ2n) is 7.00. The highest BCUT2D eigenvalue weighted by molar-refractivity contribution is 5.95. The van der Waals surface area contributed by atoms with E-state index in [-0.39, 0.29) is 5.91 Å². The van der Waals surface area contributed by atoms with Crippen LogP contribution >= 0.6 is 0 Å². The summed E-state index contributed by atoms with van der Waals surface area (Å²) >= 11 is 0. The van der Waals surface area contributed by atoms with Gasteiger partial charge in [-0.25, -0.2) is 0 Å². The Bertz CT molecular complexity index is 784.